The molecule has 13 heavy (non-hydrogen) atoms. The van der Waals surface area contributed by atoms with Crippen molar-refractivity contribution >= 4 is 5.97 Å². The Morgan fingerprint density at radius 2 is 2.15 bits per heavy atom. The van der Waals surface area contributed by atoms with E-state index in [0.29, 0.717) is 11.8 Å². The second kappa shape index (κ2) is 4.61. The van der Waals surface area contributed by atoms with Gasteiger partial charge in [0.2, 0.25) is 0 Å². The van der Waals surface area contributed by atoms with E-state index in [2.05, 4.69) is 6.92 Å². The summed E-state index contributed by atoms with van der Waals surface area (Å²) in [6.07, 6.45) is 4.43. The first-order chi connectivity index (χ1) is 6.18. The lowest BCUT2D eigenvalue weighted by Gasteiger charge is -2.41. The fourth-order valence-electron chi connectivity index (χ4n) is 1.95. The summed E-state index contributed by atoms with van der Waals surface area (Å²) in [6, 6.07) is 0. The van der Waals surface area contributed by atoms with E-state index < -0.39 is 5.97 Å². The molecule has 0 aromatic heterocycles. The van der Waals surface area contributed by atoms with E-state index in [4.69, 9.17) is 9.84 Å². The number of carbonyl (C=O) groups is 1. The van der Waals surface area contributed by atoms with Crippen molar-refractivity contribution in [1.82, 2.24) is 0 Å². The van der Waals surface area contributed by atoms with Gasteiger partial charge in [0.05, 0.1) is 13.2 Å². The summed E-state index contributed by atoms with van der Waals surface area (Å²) in [5.41, 5.74) is 0.324. The second-order valence-corrected chi connectivity index (χ2v) is 3.99. The second-order valence-electron chi connectivity index (χ2n) is 3.99. The Morgan fingerprint density at radius 3 is 2.54 bits per heavy atom. The van der Waals surface area contributed by atoms with Gasteiger partial charge in [0.25, 0.3) is 0 Å². The van der Waals surface area contributed by atoms with Gasteiger partial charge in [-0.3, -0.25) is 4.79 Å². The van der Waals surface area contributed by atoms with Crippen LogP contribution in [0.1, 0.15) is 39.0 Å². The van der Waals surface area contributed by atoms with Gasteiger partial charge in [0, 0.05) is 11.8 Å². The molecular formula is C10H18O3. The third-order valence-corrected chi connectivity index (χ3v) is 2.69. The van der Waals surface area contributed by atoms with Crippen molar-refractivity contribution in [3.63, 3.8) is 0 Å². The van der Waals surface area contributed by atoms with E-state index in [1.54, 1.807) is 0 Å². The van der Waals surface area contributed by atoms with Crippen molar-refractivity contribution < 1.29 is 14.6 Å². The minimum Gasteiger partial charge on any atom is -0.481 e. The molecule has 0 atom stereocenters. The Morgan fingerprint density at radius 1 is 1.46 bits per heavy atom. The Labute approximate surface area is 79.1 Å². The zero-order valence-corrected chi connectivity index (χ0v) is 8.21. The van der Waals surface area contributed by atoms with Crippen molar-refractivity contribution in [3.05, 3.63) is 0 Å². The average Bonchev–Trinajstić information content (AvgIpc) is 1.99. The van der Waals surface area contributed by atoms with E-state index in [0.717, 1.165) is 32.5 Å². The number of hydrogen-bond acceptors (Lipinski definition) is 2. The van der Waals surface area contributed by atoms with E-state index in [-0.39, 0.29) is 0 Å². The summed E-state index contributed by atoms with van der Waals surface area (Å²) in [6.45, 7) is 3.83. The summed E-state index contributed by atoms with van der Waals surface area (Å²) in [5.74, 6) is -0.688. The summed E-state index contributed by atoms with van der Waals surface area (Å²) < 4.78 is 5.20. The maximum absolute atomic E-state index is 10.3. The number of ether oxygens (including phenoxy) is 1. The molecule has 1 rings (SSSR count). The Kier molecular flexibility index (Phi) is 3.72. The first kappa shape index (κ1) is 10.5. The fraction of sp³-hybridized carbons (Fsp3) is 0.900. The van der Waals surface area contributed by atoms with Crippen molar-refractivity contribution in [2.45, 2.75) is 39.0 Å². The van der Waals surface area contributed by atoms with Crippen molar-refractivity contribution in [2.24, 2.45) is 5.41 Å². The lowest BCUT2D eigenvalue weighted by molar-refractivity contribution is -0.139. The van der Waals surface area contributed by atoms with Gasteiger partial charge in [-0.1, -0.05) is 13.3 Å². The SMILES string of the molecule is CCCC1(CCCC(=O)O)COC1. The highest BCUT2D eigenvalue weighted by Crippen LogP contribution is 2.37. The Bertz CT molecular complexity index is 173. The topological polar surface area (TPSA) is 46.5 Å². The molecule has 0 aliphatic carbocycles. The van der Waals surface area contributed by atoms with Crippen LogP contribution >= 0.6 is 0 Å². The van der Waals surface area contributed by atoms with Gasteiger partial charge >= 0.3 is 5.97 Å². The monoisotopic (exact) mass is 186 g/mol. The molecule has 0 spiro atoms. The number of aliphatic carboxylic acids is 1. The molecule has 3 nitrogen and oxygen atoms in total. The van der Waals surface area contributed by atoms with Crippen molar-refractivity contribution in [1.29, 1.82) is 0 Å². The Hall–Kier alpha value is -0.570. The normalized spacial score (nSPS) is 19.5. The summed E-state index contributed by atoms with van der Waals surface area (Å²) in [7, 11) is 0. The highest BCUT2D eigenvalue weighted by atomic mass is 16.5. The van der Waals surface area contributed by atoms with Gasteiger partial charge in [-0.25, -0.2) is 0 Å². The minimum atomic E-state index is -0.688. The molecule has 0 aromatic carbocycles. The molecular weight excluding hydrogens is 168 g/mol. The first-order valence-corrected chi connectivity index (χ1v) is 4.98. The number of rotatable bonds is 6. The molecule has 3 heteroatoms. The third-order valence-electron chi connectivity index (χ3n) is 2.69. The molecule has 76 valence electrons. The summed E-state index contributed by atoms with van der Waals surface area (Å²) in [4.78, 5) is 10.3. The maximum Gasteiger partial charge on any atom is 0.303 e. The number of carboxylic acid groups (broad SMARTS) is 1. The van der Waals surface area contributed by atoms with Crippen molar-refractivity contribution in [3.8, 4) is 0 Å². The highest BCUT2D eigenvalue weighted by molar-refractivity contribution is 5.66. The zero-order chi connectivity index (χ0) is 9.73. The van der Waals surface area contributed by atoms with Crippen molar-refractivity contribution in [2.75, 3.05) is 13.2 Å². The standard InChI is InChI=1S/C10H18O3/c1-2-5-10(7-13-8-10)6-3-4-9(11)12/h2-8H2,1H3,(H,11,12). The van der Waals surface area contributed by atoms with Crippen LogP contribution in [0.2, 0.25) is 0 Å². The predicted octanol–water partition coefficient (Wildman–Crippen LogP) is 2.06. The van der Waals surface area contributed by atoms with Crippen LogP contribution in [-0.2, 0) is 9.53 Å². The van der Waals surface area contributed by atoms with E-state index in [1.807, 2.05) is 0 Å². The summed E-state index contributed by atoms with van der Waals surface area (Å²) >= 11 is 0. The van der Waals surface area contributed by atoms with Gasteiger partial charge in [-0.05, 0) is 19.3 Å². The molecule has 0 aromatic rings. The zero-order valence-electron chi connectivity index (χ0n) is 8.21. The molecule has 1 N–H and O–H groups in total. The lowest BCUT2D eigenvalue weighted by Crippen LogP contribution is -2.42. The van der Waals surface area contributed by atoms with Crippen LogP contribution in [0.15, 0.2) is 0 Å². The predicted molar refractivity (Wildman–Crippen MR) is 49.6 cm³/mol. The van der Waals surface area contributed by atoms with Crippen LogP contribution in [0.5, 0.6) is 0 Å². The highest BCUT2D eigenvalue weighted by Gasteiger charge is 2.36. The van der Waals surface area contributed by atoms with Crippen LogP contribution in [0.25, 0.3) is 0 Å². The molecule has 1 heterocycles. The van der Waals surface area contributed by atoms with Crippen LogP contribution < -0.4 is 0 Å². The van der Waals surface area contributed by atoms with Gasteiger partial charge in [-0.2, -0.15) is 0 Å². The molecule has 1 fully saturated rings. The minimum absolute atomic E-state index is 0.297. The van der Waals surface area contributed by atoms with Crippen LogP contribution in [0.4, 0.5) is 0 Å². The third kappa shape index (κ3) is 2.99. The van der Waals surface area contributed by atoms with Crippen LogP contribution in [-0.4, -0.2) is 24.3 Å². The van der Waals surface area contributed by atoms with Gasteiger partial charge < -0.3 is 9.84 Å². The number of carboxylic acids is 1. The van der Waals surface area contributed by atoms with Crippen LogP contribution in [0.3, 0.4) is 0 Å². The van der Waals surface area contributed by atoms with E-state index in [1.165, 1.54) is 6.42 Å². The quantitative estimate of drug-likeness (QED) is 0.690. The molecule has 0 bridgehead atoms. The fourth-order valence-corrected chi connectivity index (χ4v) is 1.95. The average molecular weight is 186 g/mol. The molecule has 0 saturated carbocycles. The largest absolute Gasteiger partial charge is 0.481 e. The molecule has 0 amide bonds. The van der Waals surface area contributed by atoms with Gasteiger partial charge in [0.1, 0.15) is 0 Å². The number of hydrogen-bond donors (Lipinski definition) is 1. The molecule has 1 aliphatic rings. The first-order valence-electron chi connectivity index (χ1n) is 4.98. The summed E-state index contributed by atoms with van der Waals surface area (Å²) in [5, 5.41) is 8.50. The van der Waals surface area contributed by atoms with Crippen LogP contribution in [0, 0.1) is 5.41 Å². The smallest absolute Gasteiger partial charge is 0.303 e. The van der Waals surface area contributed by atoms with Gasteiger partial charge in [-0.15, -0.1) is 0 Å². The molecule has 1 aliphatic heterocycles. The van der Waals surface area contributed by atoms with Gasteiger partial charge in [0.15, 0.2) is 0 Å². The van der Waals surface area contributed by atoms with E-state index in [9.17, 15) is 4.79 Å². The molecule has 0 unspecified atom stereocenters. The maximum atomic E-state index is 10.3. The lowest BCUT2D eigenvalue weighted by atomic mass is 9.77. The molecule has 1 saturated heterocycles. The van der Waals surface area contributed by atoms with E-state index >= 15 is 0 Å². The Balaban J connectivity index is 2.20. The molecule has 0 radical (unpaired) electrons.